The van der Waals surface area contributed by atoms with Gasteiger partial charge in [0.15, 0.2) is 0 Å². The molecule has 0 spiro atoms. The number of carbonyl (C=O) groups excluding carboxylic acids is 1. The van der Waals surface area contributed by atoms with Gasteiger partial charge in [0, 0.05) is 17.5 Å². The number of hydrazone groups is 1. The first kappa shape index (κ1) is 13.0. The predicted molar refractivity (Wildman–Crippen MR) is 64.6 cm³/mol. The highest BCUT2D eigenvalue weighted by atomic mass is 35.5. The van der Waals surface area contributed by atoms with Crippen LogP contribution in [0.3, 0.4) is 0 Å². The summed E-state index contributed by atoms with van der Waals surface area (Å²) in [7, 11) is 0. The standard InChI is InChI=1S/C10H11ClN4O2/c1-7(16)17-15(10(12)13)14-6-8-4-2-3-5-9(8)11/h2-6H,1H3,(H3,12,13). The molecule has 6 nitrogen and oxygen atoms in total. The zero-order chi connectivity index (χ0) is 12.8. The molecule has 0 fully saturated rings. The monoisotopic (exact) mass is 254 g/mol. The largest absolute Gasteiger partial charge is 0.366 e. The molecule has 0 aliphatic carbocycles. The van der Waals surface area contributed by atoms with Gasteiger partial charge in [-0.2, -0.15) is 0 Å². The summed E-state index contributed by atoms with van der Waals surface area (Å²) < 4.78 is 0. The molecule has 1 aromatic rings. The summed E-state index contributed by atoms with van der Waals surface area (Å²) in [4.78, 5) is 15.3. The number of benzene rings is 1. The number of hydrogen-bond acceptors (Lipinski definition) is 4. The van der Waals surface area contributed by atoms with Crippen molar-refractivity contribution >= 4 is 29.7 Å². The fourth-order valence-electron chi connectivity index (χ4n) is 0.951. The zero-order valence-corrected chi connectivity index (χ0v) is 9.81. The van der Waals surface area contributed by atoms with Crippen LogP contribution in [-0.2, 0) is 9.63 Å². The van der Waals surface area contributed by atoms with E-state index in [0.29, 0.717) is 15.8 Å². The number of nitrogens with zero attached hydrogens (tertiary/aromatic N) is 2. The number of nitrogens with one attached hydrogen (secondary N) is 1. The third-order valence-electron chi connectivity index (χ3n) is 1.63. The summed E-state index contributed by atoms with van der Waals surface area (Å²) >= 11 is 5.89. The van der Waals surface area contributed by atoms with Gasteiger partial charge in [-0.25, -0.2) is 4.79 Å². The van der Waals surface area contributed by atoms with E-state index in [-0.39, 0.29) is 0 Å². The number of rotatable bonds is 2. The second kappa shape index (κ2) is 5.86. The quantitative estimate of drug-likeness (QED) is 0.473. The van der Waals surface area contributed by atoms with E-state index in [1.54, 1.807) is 24.3 Å². The molecule has 0 radical (unpaired) electrons. The molecule has 1 aromatic carbocycles. The van der Waals surface area contributed by atoms with E-state index in [1.807, 2.05) is 0 Å². The van der Waals surface area contributed by atoms with Crippen LogP contribution in [0.25, 0.3) is 0 Å². The molecule has 0 saturated carbocycles. The van der Waals surface area contributed by atoms with E-state index in [1.165, 1.54) is 13.1 Å². The van der Waals surface area contributed by atoms with Crippen molar-refractivity contribution in [3.8, 4) is 0 Å². The van der Waals surface area contributed by atoms with Crippen LogP contribution in [0.15, 0.2) is 29.4 Å². The maximum atomic E-state index is 10.7. The Balaban J connectivity index is 2.83. The normalized spacial score (nSPS) is 10.2. The van der Waals surface area contributed by atoms with E-state index in [0.717, 1.165) is 0 Å². The molecule has 3 N–H and O–H groups in total. The zero-order valence-electron chi connectivity index (χ0n) is 9.05. The fraction of sp³-hybridized carbons (Fsp3) is 0.100. The molecule has 1 rings (SSSR count). The second-order valence-corrected chi connectivity index (χ2v) is 3.41. The topological polar surface area (TPSA) is 91.8 Å². The van der Waals surface area contributed by atoms with Crippen molar-refractivity contribution in [1.82, 2.24) is 5.17 Å². The smallest absolute Gasteiger partial charge is 0.332 e. The Kier molecular flexibility index (Phi) is 4.47. The fourth-order valence-corrected chi connectivity index (χ4v) is 1.14. The van der Waals surface area contributed by atoms with Crippen molar-refractivity contribution in [2.75, 3.05) is 0 Å². The van der Waals surface area contributed by atoms with Crippen LogP contribution in [0.2, 0.25) is 5.02 Å². The molecule has 0 amide bonds. The maximum absolute atomic E-state index is 10.7. The lowest BCUT2D eigenvalue weighted by atomic mass is 10.2. The summed E-state index contributed by atoms with van der Waals surface area (Å²) in [5, 5.41) is 12.0. The SMILES string of the molecule is CC(=O)ON(N=Cc1ccccc1Cl)C(=N)N. The van der Waals surface area contributed by atoms with Crippen molar-refractivity contribution in [3.05, 3.63) is 34.9 Å². The van der Waals surface area contributed by atoms with Gasteiger partial charge >= 0.3 is 5.97 Å². The first-order valence-electron chi connectivity index (χ1n) is 4.62. The van der Waals surface area contributed by atoms with Crippen LogP contribution in [0.1, 0.15) is 12.5 Å². The Morgan fingerprint density at radius 2 is 2.24 bits per heavy atom. The minimum atomic E-state index is -0.628. The van der Waals surface area contributed by atoms with Crippen LogP contribution in [-0.4, -0.2) is 23.3 Å². The van der Waals surface area contributed by atoms with E-state index >= 15 is 0 Å². The highest BCUT2D eigenvalue weighted by Gasteiger charge is 2.08. The molecule has 0 heterocycles. The number of halogens is 1. The lowest BCUT2D eigenvalue weighted by molar-refractivity contribution is -0.170. The number of guanidine groups is 1. The summed E-state index contributed by atoms with van der Waals surface area (Å²) in [5.74, 6) is -1.14. The molecular formula is C10H11ClN4O2. The molecule has 0 atom stereocenters. The molecule has 0 saturated heterocycles. The van der Waals surface area contributed by atoms with Gasteiger partial charge in [0.25, 0.3) is 0 Å². The Bertz CT molecular complexity index is 461. The molecule has 0 bridgehead atoms. The van der Waals surface area contributed by atoms with Crippen LogP contribution in [0, 0.1) is 5.41 Å². The third kappa shape index (κ3) is 4.12. The van der Waals surface area contributed by atoms with Crippen molar-refractivity contribution in [2.45, 2.75) is 6.92 Å². The number of nitrogens with two attached hydrogens (primary N) is 1. The molecular weight excluding hydrogens is 244 g/mol. The molecule has 0 aliphatic rings. The van der Waals surface area contributed by atoms with Gasteiger partial charge in [-0.15, -0.1) is 5.10 Å². The first-order chi connectivity index (χ1) is 8.00. The predicted octanol–water partition coefficient (Wildman–Crippen LogP) is 1.35. The Labute approximate surface area is 103 Å². The van der Waals surface area contributed by atoms with Gasteiger partial charge in [-0.05, 0) is 6.07 Å². The average molecular weight is 255 g/mol. The van der Waals surface area contributed by atoms with Gasteiger partial charge in [0.05, 0.1) is 6.21 Å². The van der Waals surface area contributed by atoms with Crippen LogP contribution < -0.4 is 5.73 Å². The molecule has 0 aromatic heterocycles. The van der Waals surface area contributed by atoms with Crippen molar-refractivity contribution in [1.29, 1.82) is 5.41 Å². The third-order valence-corrected chi connectivity index (χ3v) is 1.97. The van der Waals surface area contributed by atoms with Gasteiger partial charge in [-0.3, -0.25) is 5.41 Å². The van der Waals surface area contributed by atoms with Crippen molar-refractivity contribution < 1.29 is 9.63 Å². The van der Waals surface area contributed by atoms with E-state index in [9.17, 15) is 4.79 Å². The highest BCUT2D eigenvalue weighted by molar-refractivity contribution is 6.33. The van der Waals surface area contributed by atoms with Crippen LogP contribution in [0.4, 0.5) is 0 Å². The molecule has 0 aliphatic heterocycles. The maximum Gasteiger partial charge on any atom is 0.332 e. The average Bonchev–Trinajstić information content (AvgIpc) is 2.25. The van der Waals surface area contributed by atoms with Gasteiger partial charge in [0.2, 0.25) is 5.96 Å². The summed E-state index contributed by atoms with van der Waals surface area (Å²) in [6.07, 6.45) is 1.34. The Hall–Kier alpha value is -2.08. The molecule has 7 heteroatoms. The first-order valence-corrected chi connectivity index (χ1v) is 4.99. The number of hydroxylamine groups is 1. The summed E-state index contributed by atoms with van der Waals surface area (Å²) in [5.41, 5.74) is 5.79. The van der Waals surface area contributed by atoms with Crippen LogP contribution in [0.5, 0.6) is 0 Å². The Morgan fingerprint density at radius 1 is 1.59 bits per heavy atom. The number of hydrogen-bond donors (Lipinski definition) is 2. The Morgan fingerprint density at radius 3 is 2.76 bits per heavy atom. The van der Waals surface area contributed by atoms with E-state index in [4.69, 9.17) is 22.7 Å². The number of carbonyl (C=O) groups is 1. The minimum Gasteiger partial charge on any atom is -0.366 e. The lowest BCUT2D eigenvalue weighted by Gasteiger charge is -2.13. The van der Waals surface area contributed by atoms with Gasteiger partial charge in [0.1, 0.15) is 0 Å². The molecule has 0 unspecified atom stereocenters. The molecule has 90 valence electrons. The summed E-state index contributed by atoms with van der Waals surface area (Å²) in [6, 6.07) is 6.95. The highest BCUT2D eigenvalue weighted by Crippen LogP contribution is 2.12. The second-order valence-electron chi connectivity index (χ2n) is 3.01. The van der Waals surface area contributed by atoms with E-state index in [2.05, 4.69) is 9.94 Å². The van der Waals surface area contributed by atoms with Gasteiger partial charge < -0.3 is 10.6 Å². The lowest BCUT2D eigenvalue weighted by Crippen LogP contribution is -2.33. The van der Waals surface area contributed by atoms with Crippen molar-refractivity contribution in [2.24, 2.45) is 10.8 Å². The summed E-state index contributed by atoms with van der Waals surface area (Å²) in [6.45, 7) is 1.18. The minimum absolute atomic E-state index is 0.488. The molecule has 17 heavy (non-hydrogen) atoms. The van der Waals surface area contributed by atoms with E-state index < -0.39 is 11.9 Å². The van der Waals surface area contributed by atoms with Crippen molar-refractivity contribution in [3.63, 3.8) is 0 Å². The van der Waals surface area contributed by atoms with Crippen LogP contribution >= 0.6 is 11.6 Å². The van der Waals surface area contributed by atoms with Gasteiger partial charge in [-0.1, -0.05) is 35.0 Å².